The number of allylic oxidation sites excluding steroid dienone is 28. The van der Waals surface area contributed by atoms with Crippen LogP contribution in [0.25, 0.3) is 0 Å². The number of unbranched alkanes of at least 4 members (excludes halogenated alkanes) is 12. The van der Waals surface area contributed by atoms with Gasteiger partial charge >= 0.3 is 17.9 Å². The minimum atomic E-state index is -0.858. The first-order valence-corrected chi connectivity index (χ1v) is 29.6. The molecule has 0 aliphatic heterocycles. The van der Waals surface area contributed by atoms with E-state index in [2.05, 4.69) is 179 Å². The fourth-order valence-corrected chi connectivity index (χ4v) is 7.33. The van der Waals surface area contributed by atoms with Gasteiger partial charge in [-0.1, -0.05) is 242 Å². The summed E-state index contributed by atoms with van der Waals surface area (Å²) in [7, 11) is 0. The molecule has 75 heavy (non-hydrogen) atoms. The van der Waals surface area contributed by atoms with Crippen LogP contribution in [0.15, 0.2) is 170 Å². The Bertz CT molecular complexity index is 1750. The Hall–Kier alpha value is -5.23. The number of carbonyl (C=O) groups is 3. The van der Waals surface area contributed by atoms with Gasteiger partial charge in [0.05, 0.1) is 0 Å². The number of hydrogen-bond acceptors (Lipinski definition) is 6. The molecule has 0 aromatic carbocycles. The highest BCUT2D eigenvalue weighted by molar-refractivity contribution is 5.71. The molecule has 0 aromatic rings. The molecular weight excluding hydrogens is 925 g/mol. The summed E-state index contributed by atoms with van der Waals surface area (Å²) in [5.41, 5.74) is 0. The van der Waals surface area contributed by atoms with Crippen molar-refractivity contribution >= 4 is 17.9 Å². The molecule has 0 radical (unpaired) electrons. The first-order chi connectivity index (χ1) is 37.0. The van der Waals surface area contributed by atoms with Crippen molar-refractivity contribution in [2.45, 2.75) is 232 Å². The Labute approximate surface area is 460 Å². The van der Waals surface area contributed by atoms with Crippen molar-refractivity contribution in [3.63, 3.8) is 0 Å². The molecule has 0 aliphatic carbocycles. The monoisotopic (exact) mass is 1030 g/mol. The van der Waals surface area contributed by atoms with E-state index < -0.39 is 12.1 Å². The van der Waals surface area contributed by atoms with Gasteiger partial charge in [-0.25, -0.2) is 0 Å². The van der Waals surface area contributed by atoms with Gasteiger partial charge in [0.25, 0.3) is 0 Å². The molecule has 0 rings (SSSR count). The fraction of sp³-hybridized carbons (Fsp3) is 0.551. The van der Waals surface area contributed by atoms with Crippen molar-refractivity contribution in [1.29, 1.82) is 0 Å². The maximum atomic E-state index is 12.8. The lowest BCUT2D eigenvalue weighted by atomic mass is 10.1. The van der Waals surface area contributed by atoms with E-state index in [1.807, 2.05) is 12.2 Å². The van der Waals surface area contributed by atoms with E-state index in [1.54, 1.807) is 0 Å². The number of hydrogen-bond donors (Lipinski definition) is 0. The predicted octanol–water partition coefficient (Wildman–Crippen LogP) is 20.3. The largest absolute Gasteiger partial charge is 0.462 e. The van der Waals surface area contributed by atoms with Gasteiger partial charge in [0.15, 0.2) is 6.10 Å². The fourth-order valence-electron chi connectivity index (χ4n) is 7.33. The van der Waals surface area contributed by atoms with E-state index in [0.717, 1.165) is 122 Å². The minimum absolute atomic E-state index is 0.141. The van der Waals surface area contributed by atoms with Crippen LogP contribution in [0.3, 0.4) is 0 Å². The van der Waals surface area contributed by atoms with Crippen molar-refractivity contribution in [1.82, 2.24) is 0 Å². The second kappa shape index (κ2) is 61.3. The molecule has 0 N–H and O–H groups in total. The summed E-state index contributed by atoms with van der Waals surface area (Å²) < 4.78 is 16.7. The van der Waals surface area contributed by atoms with Gasteiger partial charge in [-0.05, 0) is 135 Å². The molecule has 0 fully saturated rings. The molecule has 6 heteroatoms. The average Bonchev–Trinajstić information content (AvgIpc) is 3.41. The molecule has 0 amide bonds. The van der Waals surface area contributed by atoms with Crippen LogP contribution in [0.2, 0.25) is 0 Å². The smallest absolute Gasteiger partial charge is 0.306 e. The zero-order valence-electron chi connectivity index (χ0n) is 47.7. The molecule has 0 heterocycles. The Morgan fingerprint density at radius 1 is 0.280 bits per heavy atom. The van der Waals surface area contributed by atoms with Gasteiger partial charge in [-0.2, -0.15) is 0 Å². The Kier molecular flexibility index (Phi) is 57.0. The normalized spacial score (nSPS) is 13.4. The van der Waals surface area contributed by atoms with Crippen molar-refractivity contribution in [3.05, 3.63) is 170 Å². The van der Waals surface area contributed by atoms with Crippen LogP contribution in [-0.2, 0) is 28.6 Å². The third-order valence-electron chi connectivity index (χ3n) is 11.7. The molecule has 0 saturated carbocycles. The number of ether oxygens (including phenoxy) is 3. The summed E-state index contributed by atoms with van der Waals surface area (Å²) in [6.07, 6.45) is 90.8. The lowest BCUT2D eigenvalue weighted by Gasteiger charge is -2.18. The molecule has 1 atom stereocenters. The second-order valence-electron chi connectivity index (χ2n) is 18.8. The van der Waals surface area contributed by atoms with Gasteiger partial charge in [0.2, 0.25) is 0 Å². The predicted molar refractivity (Wildman–Crippen MR) is 325 cm³/mol. The van der Waals surface area contributed by atoms with Crippen LogP contribution in [0, 0.1) is 0 Å². The van der Waals surface area contributed by atoms with Crippen molar-refractivity contribution < 1.29 is 28.6 Å². The van der Waals surface area contributed by atoms with E-state index in [1.165, 1.54) is 51.4 Å². The zero-order valence-corrected chi connectivity index (χ0v) is 47.7. The van der Waals surface area contributed by atoms with E-state index in [4.69, 9.17) is 14.2 Å². The summed E-state index contributed by atoms with van der Waals surface area (Å²) in [6, 6.07) is 0. The van der Waals surface area contributed by atoms with Crippen molar-refractivity contribution in [3.8, 4) is 0 Å². The molecule has 6 nitrogen and oxygen atoms in total. The van der Waals surface area contributed by atoms with Gasteiger partial charge in [0, 0.05) is 19.3 Å². The van der Waals surface area contributed by atoms with Crippen LogP contribution >= 0.6 is 0 Å². The van der Waals surface area contributed by atoms with Gasteiger partial charge in [0.1, 0.15) is 13.2 Å². The molecular formula is C69H106O6. The average molecular weight is 1030 g/mol. The number of rotatable bonds is 51. The molecule has 0 bridgehead atoms. The molecule has 0 spiro atoms. The molecule has 418 valence electrons. The Balaban J connectivity index is 4.63. The van der Waals surface area contributed by atoms with E-state index in [0.29, 0.717) is 19.3 Å². The highest BCUT2D eigenvalue weighted by Crippen LogP contribution is 2.12. The van der Waals surface area contributed by atoms with Gasteiger partial charge in [-0.15, -0.1) is 0 Å². The van der Waals surface area contributed by atoms with E-state index in [-0.39, 0.29) is 38.0 Å². The van der Waals surface area contributed by atoms with Gasteiger partial charge in [-0.3, -0.25) is 14.4 Å². The minimum Gasteiger partial charge on any atom is -0.462 e. The number of esters is 3. The first-order valence-electron chi connectivity index (χ1n) is 29.6. The topological polar surface area (TPSA) is 78.9 Å². The summed E-state index contributed by atoms with van der Waals surface area (Å²) in [5.74, 6) is -1.11. The van der Waals surface area contributed by atoms with E-state index >= 15 is 0 Å². The number of carbonyl (C=O) groups excluding carboxylic acids is 3. The molecule has 0 aliphatic rings. The molecule has 0 saturated heterocycles. The van der Waals surface area contributed by atoms with Crippen molar-refractivity contribution in [2.24, 2.45) is 0 Å². The van der Waals surface area contributed by atoms with Crippen LogP contribution in [0.5, 0.6) is 0 Å². The lowest BCUT2D eigenvalue weighted by molar-refractivity contribution is -0.166. The standard InChI is InChI=1S/C69H106O6/c1-4-7-10-13-16-19-22-25-28-31-33-34-36-38-41-44-47-50-53-56-59-62-68(71)74-65-66(64-73-67(70)61-58-55-52-49-46-43-40-37-30-27-24-21-18-15-12-9-6-3)75-69(72)63-60-57-54-51-48-45-42-39-35-32-29-26-23-20-17-14-11-8-5-2/h8-9,11-12,17-18,20-22,25-27,29-31,33,35-36,38-40,43,45,48-49,52,54,57,66H,4-7,10,13-16,19,23-24,28,32,34,37,41-42,44,46-47,50-51,53,55-56,58-65H2,1-3H3/b11-8-,12-9-,20-17-,21-18-,25-22-,29-26-,30-27-,33-31-,38-36-,39-35-,43-40-,48-45-,52-49-,57-54-. The summed E-state index contributed by atoms with van der Waals surface area (Å²) in [5, 5.41) is 0. The highest BCUT2D eigenvalue weighted by Gasteiger charge is 2.19. The quantitative estimate of drug-likeness (QED) is 0.0261. The first kappa shape index (κ1) is 69.8. The van der Waals surface area contributed by atoms with Gasteiger partial charge < -0.3 is 14.2 Å². The van der Waals surface area contributed by atoms with Crippen molar-refractivity contribution in [2.75, 3.05) is 13.2 Å². The Morgan fingerprint density at radius 2 is 0.560 bits per heavy atom. The SMILES string of the molecule is CC/C=C\C/C=C\C/C=C\C/C=C\C/C=C\C/C=C\CCC(=O)OC(COC(=O)CCC/C=C\C/C=C\C/C=C\C/C=C\C/C=C\CC)COC(=O)CCCCCCCC/C=C\C/C=C\C/C=C\CCCCCCC. The zero-order chi connectivity index (χ0) is 54.3. The molecule has 0 aromatic heterocycles. The highest BCUT2D eigenvalue weighted by atomic mass is 16.6. The maximum absolute atomic E-state index is 12.8. The third kappa shape index (κ3) is 59.5. The molecule has 1 unspecified atom stereocenters. The lowest BCUT2D eigenvalue weighted by Crippen LogP contribution is -2.30. The van der Waals surface area contributed by atoms with Crippen LogP contribution in [0.1, 0.15) is 226 Å². The van der Waals surface area contributed by atoms with Crippen LogP contribution in [-0.4, -0.2) is 37.2 Å². The summed E-state index contributed by atoms with van der Waals surface area (Å²) >= 11 is 0. The van der Waals surface area contributed by atoms with Crippen LogP contribution in [0.4, 0.5) is 0 Å². The third-order valence-corrected chi connectivity index (χ3v) is 11.7. The second-order valence-corrected chi connectivity index (χ2v) is 18.8. The Morgan fingerprint density at radius 3 is 0.920 bits per heavy atom. The van der Waals surface area contributed by atoms with E-state index in [9.17, 15) is 14.4 Å². The van der Waals surface area contributed by atoms with Crippen LogP contribution < -0.4 is 0 Å². The summed E-state index contributed by atoms with van der Waals surface area (Å²) in [6.45, 7) is 6.26. The summed E-state index contributed by atoms with van der Waals surface area (Å²) in [4.78, 5) is 38.2. The maximum Gasteiger partial charge on any atom is 0.306 e.